The maximum atomic E-state index is 10.9. The molecule has 2 aromatic rings. The van der Waals surface area contributed by atoms with Crippen molar-refractivity contribution in [1.82, 2.24) is 0 Å². The Hall–Kier alpha value is -2.33. The Morgan fingerprint density at radius 2 is 1.65 bits per heavy atom. The molecule has 0 fully saturated rings. The van der Waals surface area contributed by atoms with Crippen molar-refractivity contribution < 1.29 is 9.53 Å². The fraction of sp³-hybridized carbons (Fsp3) is 0.188. The summed E-state index contributed by atoms with van der Waals surface area (Å²) in [4.78, 5) is 10.9. The van der Waals surface area contributed by atoms with Crippen LogP contribution in [0, 0.1) is 0 Å². The van der Waals surface area contributed by atoms with E-state index in [1.807, 2.05) is 54.6 Å². The first-order valence-electron chi connectivity index (χ1n) is 6.46. The molecule has 4 nitrogen and oxygen atoms in total. The molecule has 4 N–H and O–H groups in total. The van der Waals surface area contributed by atoms with Gasteiger partial charge in [0.15, 0.2) is 0 Å². The molecule has 1 atom stereocenters. The van der Waals surface area contributed by atoms with Gasteiger partial charge in [-0.05, 0) is 29.7 Å². The molecule has 2 aromatic carbocycles. The molecule has 0 radical (unpaired) electrons. The van der Waals surface area contributed by atoms with Gasteiger partial charge < -0.3 is 16.2 Å². The standard InChI is InChI=1S/C16H18N2O2/c17-15(16(18)19)10-12-6-8-14(9-7-12)20-11-13-4-2-1-3-5-13/h1-9,15H,10-11,17H2,(H2,18,19). The van der Waals surface area contributed by atoms with E-state index in [4.69, 9.17) is 16.2 Å². The Balaban J connectivity index is 1.90. The fourth-order valence-corrected chi connectivity index (χ4v) is 1.82. The minimum absolute atomic E-state index is 0.439. The zero-order chi connectivity index (χ0) is 14.4. The number of rotatable bonds is 6. The van der Waals surface area contributed by atoms with Crippen LogP contribution in [0.3, 0.4) is 0 Å². The Kier molecular flexibility index (Phi) is 4.74. The number of hydrogen-bond acceptors (Lipinski definition) is 3. The molecular weight excluding hydrogens is 252 g/mol. The molecule has 0 aromatic heterocycles. The SMILES string of the molecule is NC(=O)C(N)Cc1ccc(OCc2ccccc2)cc1. The molecule has 20 heavy (non-hydrogen) atoms. The van der Waals surface area contributed by atoms with E-state index in [0.717, 1.165) is 16.9 Å². The molecular formula is C16H18N2O2. The average Bonchev–Trinajstić information content (AvgIpc) is 2.47. The smallest absolute Gasteiger partial charge is 0.234 e. The summed E-state index contributed by atoms with van der Waals surface area (Å²) in [6, 6.07) is 16.8. The lowest BCUT2D eigenvalue weighted by molar-refractivity contribution is -0.119. The highest BCUT2D eigenvalue weighted by molar-refractivity contribution is 5.79. The molecule has 0 saturated carbocycles. The summed E-state index contributed by atoms with van der Waals surface area (Å²) in [6.45, 7) is 0.529. The van der Waals surface area contributed by atoms with Crippen LogP contribution in [0.5, 0.6) is 5.75 Å². The number of ether oxygens (including phenoxy) is 1. The summed E-state index contributed by atoms with van der Waals surface area (Å²) < 4.78 is 5.68. The van der Waals surface area contributed by atoms with Gasteiger partial charge in [-0.1, -0.05) is 42.5 Å². The van der Waals surface area contributed by atoms with Crippen LogP contribution >= 0.6 is 0 Å². The summed E-state index contributed by atoms with van der Waals surface area (Å²) in [5.74, 6) is 0.291. The van der Waals surface area contributed by atoms with E-state index in [1.165, 1.54) is 0 Å². The number of benzene rings is 2. The lowest BCUT2D eigenvalue weighted by Gasteiger charge is -2.09. The van der Waals surface area contributed by atoms with Gasteiger partial charge in [0.05, 0.1) is 6.04 Å². The van der Waals surface area contributed by atoms with Gasteiger partial charge >= 0.3 is 0 Å². The van der Waals surface area contributed by atoms with Crippen molar-refractivity contribution in [1.29, 1.82) is 0 Å². The van der Waals surface area contributed by atoms with Crippen molar-refractivity contribution in [2.45, 2.75) is 19.1 Å². The van der Waals surface area contributed by atoms with E-state index in [1.54, 1.807) is 0 Å². The zero-order valence-electron chi connectivity index (χ0n) is 11.2. The highest BCUT2D eigenvalue weighted by Gasteiger charge is 2.09. The largest absolute Gasteiger partial charge is 0.489 e. The van der Waals surface area contributed by atoms with Crippen molar-refractivity contribution in [2.24, 2.45) is 11.5 Å². The normalized spacial score (nSPS) is 11.8. The van der Waals surface area contributed by atoms with Crippen molar-refractivity contribution in [3.63, 3.8) is 0 Å². The van der Waals surface area contributed by atoms with Crippen LogP contribution in [0.4, 0.5) is 0 Å². The quantitative estimate of drug-likeness (QED) is 0.837. The van der Waals surface area contributed by atoms with Gasteiger partial charge in [-0.3, -0.25) is 4.79 Å². The number of amides is 1. The van der Waals surface area contributed by atoms with E-state index in [-0.39, 0.29) is 0 Å². The molecule has 1 unspecified atom stereocenters. The summed E-state index contributed by atoms with van der Waals surface area (Å²) in [5.41, 5.74) is 12.8. The second-order valence-corrected chi connectivity index (χ2v) is 4.63. The van der Waals surface area contributed by atoms with Crippen LogP contribution < -0.4 is 16.2 Å². The fourth-order valence-electron chi connectivity index (χ4n) is 1.82. The number of primary amides is 1. The maximum Gasteiger partial charge on any atom is 0.234 e. The van der Waals surface area contributed by atoms with Gasteiger partial charge in [0, 0.05) is 0 Å². The third-order valence-corrected chi connectivity index (χ3v) is 2.99. The second kappa shape index (κ2) is 6.73. The first-order chi connectivity index (χ1) is 9.65. The summed E-state index contributed by atoms with van der Waals surface area (Å²) in [7, 11) is 0. The first kappa shape index (κ1) is 14.1. The van der Waals surface area contributed by atoms with Crippen LogP contribution in [-0.4, -0.2) is 11.9 Å². The Morgan fingerprint density at radius 3 is 2.25 bits per heavy atom. The van der Waals surface area contributed by atoms with Gasteiger partial charge in [-0.25, -0.2) is 0 Å². The highest BCUT2D eigenvalue weighted by Crippen LogP contribution is 2.15. The van der Waals surface area contributed by atoms with Crippen molar-refractivity contribution in [2.75, 3.05) is 0 Å². The Morgan fingerprint density at radius 1 is 1.00 bits per heavy atom. The third kappa shape index (κ3) is 4.10. The Labute approximate surface area is 118 Å². The predicted octanol–water partition coefficient (Wildman–Crippen LogP) is 1.62. The number of carbonyl (C=O) groups excluding carboxylic acids is 1. The molecule has 104 valence electrons. The molecule has 0 aliphatic carbocycles. The van der Waals surface area contributed by atoms with Gasteiger partial charge in [0.2, 0.25) is 5.91 Å². The van der Waals surface area contributed by atoms with E-state index >= 15 is 0 Å². The molecule has 0 heterocycles. The van der Waals surface area contributed by atoms with E-state index in [0.29, 0.717) is 13.0 Å². The first-order valence-corrected chi connectivity index (χ1v) is 6.46. The van der Waals surface area contributed by atoms with Crippen molar-refractivity contribution in [3.8, 4) is 5.75 Å². The predicted molar refractivity (Wildman–Crippen MR) is 78.1 cm³/mol. The molecule has 0 bridgehead atoms. The van der Waals surface area contributed by atoms with Gasteiger partial charge in [-0.15, -0.1) is 0 Å². The molecule has 0 aliphatic heterocycles. The molecule has 0 spiro atoms. The van der Waals surface area contributed by atoms with Crippen molar-refractivity contribution in [3.05, 3.63) is 65.7 Å². The molecule has 0 aliphatic rings. The summed E-state index contributed by atoms with van der Waals surface area (Å²) in [5, 5.41) is 0. The average molecular weight is 270 g/mol. The lowest BCUT2D eigenvalue weighted by Crippen LogP contribution is -2.38. The minimum Gasteiger partial charge on any atom is -0.489 e. The monoisotopic (exact) mass is 270 g/mol. The molecule has 4 heteroatoms. The second-order valence-electron chi connectivity index (χ2n) is 4.63. The van der Waals surface area contributed by atoms with Crippen LogP contribution in [0.1, 0.15) is 11.1 Å². The highest BCUT2D eigenvalue weighted by atomic mass is 16.5. The summed E-state index contributed by atoms with van der Waals surface area (Å²) in [6.07, 6.45) is 0.439. The number of hydrogen-bond donors (Lipinski definition) is 2. The van der Waals surface area contributed by atoms with Crippen LogP contribution in [0.15, 0.2) is 54.6 Å². The summed E-state index contributed by atoms with van der Waals surface area (Å²) >= 11 is 0. The van der Waals surface area contributed by atoms with Crippen LogP contribution in [-0.2, 0) is 17.8 Å². The zero-order valence-corrected chi connectivity index (χ0v) is 11.2. The number of carbonyl (C=O) groups is 1. The van der Waals surface area contributed by atoms with Crippen molar-refractivity contribution >= 4 is 5.91 Å². The topological polar surface area (TPSA) is 78.3 Å². The van der Waals surface area contributed by atoms with E-state index in [9.17, 15) is 4.79 Å². The molecule has 0 saturated heterocycles. The molecule has 1 amide bonds. The number of nitrogens with two attached hydrogens (primary N) is 2. The molecule has 2 rings (SSSR count). The van der Waals surface area contributed by atoms with E-state index in [2.05, 4.69) is 0 Å². The Bertz CT molecular complexity index is 552. The van der Waals surface area contributed by atoms with Crippen LogP contribution in [0.2, 0.25) is 0 Å². The van der Waals surface area contributed by atoms with Gasteiger partial charge in [0.1, 0.15) is 12.4 Å². The third-order valence-electron chi connectivity index (χ3n) is 2.99. The lowest BCUT2D eigenvalue weighted by atomic mass is 10.1. The van der Waals surface area contributed by atoms with Gasteiger partial charge in [0.25, 0.3) is 0 Å². The van der Waals surface area contributed by atoms with Crippen LogP contribution in [0.25, 0.3) is 0 Å². The maximum absolute atomic E-state index is 10.9. The minimum atomic E-state index is -0.647. The van der Waals surface area contributed by atoms with E-state index < -0.39 is 11.9 Å². The van der Waals surface area contributed by atoms with Gasteiger partial charge in [-0.2, -0.15) is 0 Å².